The molecule has 0 fully saturated rings. The van der Waals surface area contributed by atoms with Crippen LogP contribution in [0, 0.1) is 5.92 Å². The molecule has 160 valence electrons. The number of amides is 1. The highest BCUT2D eigenvalue weighted by Crippen LogP contribution is 2.25. The van der Waals surface area contributed by atoms with E-state index in [0.717, 1.165) is 49.0 Å². The van der Waals surface area contributed by atoms with Gasteiger partial charge in [0, 0.05) is 38.7 Å². The van der Waals surface area contributed by atoms with E-state index in [0.29, 0.717) is 18.9 Å². The van der Waals surface area contributed by atoms with Crippen LogP contribution < -0.4 is 20.7 Å². The van der Waals surface area contributed by atoms with E-state index in [2.05, 4.69) is 39.1 Å². The number of nitrogens with one attached hydrogen (secondary N) is 3. The van der Waals surface area contributed by atoms with E-state index >= 15 is 0 Å². The van der Waals surface area contributed by atoms with Crippen molar-refractivity contribution in [3.8, 4) is 5.75 Å². The number of benzene rings is 2. The maximum Gasteiger partial charge on any atom is 0.224 e. The van der Waals surface area contributed by atoms with E-state index in [1.54, 1.807) is 7.05 Å². The molecule has 6 nitrogen and oxygen atoms in total. The van der Waals surface area contributed by atoms with Gasteiger partial charge in [0.15, 0.2) is 5.96 Å². The van der Waals surface area contributed by atoms with Crippen molar-refractivity contribution >= 4 is 17.6 Å². The maximum atomic E-state index is 12.0. The fourth-order valence-corrected chi connectivity index (χ4v) is 3.47. The number of guanidine groups is 1. The van der Waals surface area contributed by atoms with Crippen molar-refractivity contribution in [2.45, 2.75) is 39.7 Å². The fraction of sp³-hybridized carbons (Fsp3) is 0.417. The maximum absolute atomic E-state index is 12.0. The third-order valence-corrected chi connectivity index (χ3v) is 4.95. The topological polar surface area (TPSA) is 74.8 Å². The number of aliphatic imine (C=N–C) groups is 1. The lowest BCUT2D eigenvalue weighted by Gasteiger charge is -2.13. The number of carbonyl (C=O) groups is 1. The fourth-order valence-electron chi connectivity index (χ4n) is 3.47. The summed E-state index contributed by atoms with van der Waals surface area (Å²) >= 11 is 0. The standard InChI is InChI=1S/C24H32N4O2/c1-17(2)13-23(29)28-21-6-4-5-19(15-21)16-27-24(25-3)26-11-9-18-7-8-22-20(14-18)10-12-30-22/h4-8,14-15,17H,9-13,16H2,1-3H3,(H,28,29)(H2,25,26,27). The van der Waals surface area contributed by atoms with Crippen molar-refractivity contribution in [2.75, 3.05) is 25.5 Å². The number of fused-ring (bicyclic) bond motifs is 1. The molecule has 1 heterocycles. The second-order valence-electron chi connectivity index (χ2n) is 7.99. The molecular formula is C24H32N4O2. The van der Waals surface area contributed by atoms with Gasteiger partial charge in [0.05, 0.1) is 6.61 Å². The molecular weight excluding hydrogens is 376 g/mol. The Morgan fingerprint density at radius 1 is 1.13 bits per heavy atom. The van der Waals surface area contributed by atoms with Crippen LogP contribution in [-0.2, 0) is 24.2 Å². The Labute approximate surface area is 179 Å². The number of rotatable bonds is 8. The number of carbonyl (C=O) groups excluding carboxylic acids is 1. The predicted molar refractivity (Wildman–Crippen MR) is 122 cm³/mol. The third-order valence-electron chi connectivity index (χ3n) is 4.95. The van der Waals surface area contributed by atoms with Crippen LogP contribution in [0.5, 0.6) is 5.75 Å². The van der Waals surface area contributed by atoms with Gasteiger partial charge in [0.1, 0.15) is 5.75 Å². The van der Waals surface area contributed by atoms with E-state index in [4.69, 9.17) is 4.74 Å². The second kappa shape index (κ2) is 10.7. The van der Waals surface area contributed by atoms with Crippen LogP contribution >= 0.6 is 0 Å². The quantitative estimate of drug-likeness (QED) is 0.462. The summed E-state index contributed by atoms with van der Waals surface area (Å²) in [6.07, 6.45) is 2.44. The van der Waals surface area contributed by atoms with Gasteiger partial charge in [0.25, 0.3) is 0 Å². The average Bonchev–Trinajstić information content (AvgIpc) is 3.18. The average molecular weight is 409 g/mol. The van der Waals surface area contributed by atoms with Gasteiger partial charge >= 0.3 is 0 Å². The van der Waals surface area contributed by atoms with Crippen LogP contribution in [0.3, 0.4) is 0 Å². The Hall–Kier alpha value is -3.02. The summed E-state index contributed by atoms with van der Waals surface area (Å²) in [5.74, 6) is 2.17. The number of nitrogens with zero attached hydrogens (tertiary/aromatic N) is 1. The first-order valence-corrected chi connectivity index (χ1v) is 10.6. The first-order valence-electron chi connectivity index (χ1n) is 10.6. The lowest BCUT2D eigenvalue weighted by Crippen LogP contribution is -2.37. The highest BCUT2D eigenvalue weighted by atomic mass is 16.5. The Bertz CT molecular complexity index is 893. The van der Waals surface area contributed by atoms with Gasteiger partial charge in [-0.3, -0.25) is 9.79 Å². The van der Waals surface area contributed by atoms with Crippen LogP contribution in [0.2, 0.25) is 0 Å². The molecule has 0 aliphatic carbocycles. The first kappa shape index (κ1) is 21.7. The van der Waals surface area contributed by atoms with E-state index in [1.807, 2.05) is 38.1 Å². The number of hydrogen-bond acceptors (Lipinski definition) is 3. The van der Waals surface area contributed by atoms with Crippen LogP contribution in [0.4, 0.5) is 5.69 Å². The molecule has 0 saturated heterocycles. The molecule has 0 bridgehead atoms. The predicted octanol–water partition coefficient (Wildman–Crippen LogP) is 3.51. The van der Waals surface area contributed by atoms with Crippen LogP contribution in [0.25, 0.3) is 0 Å². The van der Waals surface area contributed by atoms with Crippen LogP contribution in [0.1, 0.15) is 37.0 Å². The first-order chi connectivity index (χ1) is 14.5. The minimum Gasteiger partial charge on any atom is -0.493 e. The van der Waals surface area contributed by atoms with Gasteiger partial charge in [0.2, 0.25) is 5.91 Å². The molecule has 0 saturated carbocycles. The normalized spacial score (nSPS) is 13.0. The minimum absolute atomic E-state index is 0.0469. The molecule has 30 heavy (non-hydrogen) atoms. The van der Waals surface area contributed by atoms with E-state index < -0.39 is 0 Å². The molecule has 6 heteroatoms. The molecule has 1 amide bonds. The molecule has 1 aliphatic heterocycles. The summed E-state index contributed by atoms with van der Waals surface area (Å²) in [5, 5.41) is 9.66. The van der Waals surface area contributed by atoms with E-state index in [1.165, 1.54) is 11.1 Å². The van der Waals surface area contributed by atoms with Gasteiger partial charge in [-0.2, -0.15) is 0 Å². The monoisotopic (exact) mass is 408 g/mol. The van der Waals surface area contributed by atoms with Crippen molar-refractivity contribution in [2.24, 2.45) is 10.9 Å². The molecule has 2 aromatic rings. The smallest absolute Gasteiger partial charge is 0.224 e. The number of ether oxygens (including phenoxy) is 1. The number of hydrogen-bond donors (Lipinski definition) is 3. The summed E-state index contributed by atoms with van der Waals surface area (Å²) in [4.78, 5) is 16.3. The van der Waals surface area contributed by atoms with E-state index in [9.17, 15) is 4.79 Å². The molecule has 0 spiro atoms. The summed E-state index contributed by atoms with van der Waals surface area (Å²) in [5.41, 5.74) is 4.50. The molecule has 0 atom stereocenters. The zero-order valence-electron chi connectivity index (χ0n) is 18.1. The van der Waals surface area contributed by atoms with Gasteiger partial charge < -0.3 is 20.7 Å². The largest absolute Gasteiger partial charge is 0.493 e. The van der Waals surface area contributed by atoms with Crippen molar-refractivity contribution in [1.82, 2.24) is 10.6 Å². The summed E-state index contributed by atoms with van der Waals surface area (Å²) in [6.45, 7) is 6.29. The second-order valence-corrected chi connectivity index (χ2v) is 7.99. The number of anilines is 1. The molecule has 3 N–H and O–H groups in total. The zero-order chi connectivity index (χ0) is 21.3. The van der Waals surface area contributed by atoms with Crippen molar-refractivity contribution < 1.29 is 9.53 Å². The molecule has 3 rings (SSSR count). The molecule has 0 aromatic heterocycles. The Morgan fingerprint density at radius 2 is 2.00 bits per heavy atom. The lowest BCUT2D eigenvalue weighted by molar-refractivity contribution is -0.116. The Kier molecular flexibility index (Phi) is 7.71. The SMILES string of the molecule is CN=C(NCCc1ccc2c(c1)CCO2)NCc1cccc(NC(=O)CC(C)C)c1. The molecule has 1 aliphatic rings. The van der Waals surface area contributed by atoms with Gasteiger partial charge in [-0.15, -0.1) is 0 Å². The lowest BCUT2D eigenvalue weighted by atomic mass is 10.1. The third kappa shape index (κ3) is 6.51. The molecule has 0 unspecified atom stereocenters. The highest BCUT2D eigenvalue weighted by Gasteiger charge is 2.12. The molecule has 2 aromatic carbocycles. The molecule has 0 radical (unpaired) electrons. The van der Waals surface area contributed by atoms with Crippen molar-refractivity contribution in [3.05, 3.63) is 59.2 Å². The van der Waals surface area contributed by atoms with E-state index in [-0.39, 0.29) is 5.91 Å². The van der Waals surface area contributed by atoms with Crippen molar-refractivity contribution in [1.29, 1.82) is 0 Å². The zero-order valence-corrected chi connectivity index (χ0v) is 18.1. The van der Waals surface area contributed by atoms with Gasteiger partial charge in [-0.05, 0) is 47.2 Å². The summed E-state index contributed by atoms with van der Waals surface area (Å²) in [7, 11) is 1.77. The highest BCUT2D eigenvalue weighted by molar-refractivity contribution is 5.90. The van der Waals surface area contributed by atoms with Gasteiger partial charge in [-0.1, -0.05) is 38.1 Å². The van der Waals surface area contributed by atoms with Gasteiger partial charge in [-0.25, -0.2) is 0 Å². The van der Waals surface area contributed by atoms with Crippen LogP contribution in [-0.4, -0.2) is 32.1 Å². The minimum atomic E-state index is 0.0469. The van der Waals surface area contributed by atoms with Crippen molar-refractivity contribution in [3.63, 3.8) is 0 Å². The Morgan fingerprint density at radius 3 is 2.80 bits per heavy atom. The Balaban J connectivity index is 1.45. The summed E-state index contributed by atoms with van der Waals surface area (Å²) < 4.78 is 5.57. The summed E-state index contributed by atoms with van der Waals surface area (Å²) in [6, 6.07) is 14.3. The van der Waals surface area contributed by atoms with Crippen LogP contribution in [0.15, 0.2) is 47.5 Å².